The number of ether oxygens (including phenoxy) is 1. The summed E-state index contributed by atoms with van der Waals surface area (Å²) < 4.78 is 71.8. The van der Waals surface area contributed by atoms with Gasteiger partial charge in [0, 0.05) is 58.5 Å². The quantitative estimate of drug-likeness (QED) is 0.0100. The summed E-state index contributed by atoms with van der Waals surface area (Å²) in [4.78, 5) is 65.9. The van der Waals surface area contributed by atoms with Gasteiger partial charge in [-0.15, -0.1) is 0 Å². The molecule has 6 rings (SSSR count). The van der Waals surface area contributed by atoms with Gasteiger partial charge >= 0.3 is 18.2 Å². The third kappa shape index (κ3) is 15.8. The number of Topliss-reactive ketones (excluding diaryl/α,β-unsaturated/α-hetero) is 1. The van der Waals surface area contributed by atoms with Gasteiger partial charge in [0.05, 0.1) is 28.4 Å². The molecule has 4 aromatic rings. The SMILES string of the molecule is Cc1cc(-c2cc(C(F)(F)F)nn2-c2ccc(S(N)(=O)=O)cc2)ccc1COC(=O)[C@H](CCCCNC(=O)CCCCCCC(=O)CCCC[C@@H]1SC[C@@H]2NC(=O)N[C@H]21)NC(=O)c1ccc(N=[N+]=[N-])cc1. The number of esters is 1. The topological polar surface area (TPSA) is 269 Å². The molecule has 2 saturated heterocycles. The largest absolute Gasteiger partial charge is 0.459 e. The highest BCUT2D eigenvalue weighted by molar-refractivity contribution is 8.00. The van der Waals surface area contributed by atoms with Crippen molar-refractivity contribution in [2.45, 2.75) is 131 Å². The van der Waals surface area contributed by atoms with Crippen LogP contribution in [0.3, 0.4) is 0 Å². The highest BCUT2D eigenvalue weighted by Gasteiger charge is 2.42. The fraction of sp³-hybridized carbons (Fsp3) is 0.458. The number of rotatable bonds is 26. The molecular formula is C48H57F3N10O8S2. The van der Waals surface area contributed by atoms with E-state index in [1.807, 2.05) is 11.8 Å². The molecule has 18 nitrogen and oxygen atoms in total. The number of unbranched alkanes of at least 4 members (excludes halogenated alkanes) is 5. The molecule has 0 saturated carbocycles. The molecule has 0 aliphatic carbocycles. The Hall–Kier alpha value is -6.42. The summed E-state index contributed by atoms with van der Waals surface area (Å²) in [7, 11) is -4.06. The average molecular weight is 1020 g/mol. The Morgan fingerprint density at radius 3 is 2.32 bits per heavy atom. The van der Waals surface area contributed by atoms with Crippen molar-refractivity contribution in [2.24, 2.45) is 10.3 Å². The molecule has 4 atom stereocenters. The standard InChI is InChI=1S/C48H57F3N10O8S2/c1-30-26-32(40-27-42(48(49,50)51)59-61(40)35-21-23-37(24-22-35)71(53,67)68)15-16-33(30)28-69-46(65)38(55-45(64)31-17-19-34(20-18-31)58-60-52)12-8-9-25-54-43(63)14-5-3-2-4-10-36(62)11-6-7-13-41-44-39(29-70-41)56-47(66)57-44/h15-24,26-27,38-39,41,44H,2-14,25,28-29H2,1H3,(H,54,63)(H,55,64)(H2,53,67,68)(H2,56,57,66)/t38-,39-,41-,44+/m0/s1. The molecule has 0 radical (unpaired) electrons. The maximum Gasteiger partial charge on any atom is 0.435 e. The van der Waals surface area contributed by atoms with Crippen LogP contribution in [0.5, 0.6) is 0 Å². The average Bonchev–Trinajstić information content (AvgIpc) is 4.06. The number of alkyl halides is 3. The van der Waals surface area contributed by atoms with Crippen molar-refractivity contribution in [1.29, 1.82) is 0 Å². The van der Waals surface area contributed by atoms with E-state index in [1.165, 1.54) is 42.5 Å². The van der Waals surface area contributed by atoms with Crippen molar-refractivity contribution in [1.82, 2.24) is 31.0 Å². The summed E-state index contributed by atoms with van der Waals surface area (Å²) in [5, 5.41) is 24.4. The summed E-state index contributed by atoms with van der Waals surface area (Å²) in [6.07, 6.45) is 3.61. The number of aromatic nitrogens is 2. The lowest BCUT2D eigenvalue weighted by atomic mass is 10.0. The molecular weight excluding hydrogens is 966 g/mol. The second-order valence-corrected chi connectivity index (χ2v) is 20.4. The monoisotopic (exact) mass is 1020 g/mol. The minimum Gasteiger partial charge on any atom is -0.459 e. The van der Waals surface area contributed by atoms with Crippen LogP contribution in [0.4, 0.5) is 23.7 Å². The zero-order valence-corrected chi connectivity index (χ0v) is 40.7. The zero-order valence-electron chi connectivity index (χ0n) is 39.1. The van der Waals surface area contributed by atoms with Crippen molar-refractivity contribution < 1.29 is 50.3 Å². The van der Waals surface area contributed by atoms with Gasteiger partial charge in [0.1, 0.15) is 18.4 Å². The molecule has 380 valence electrons. The molecule has 6 N–H and O–H groups in total. The van der Waals surface area contributed by atoms with Crippen LogP contribution in [-0.2, 0) is 41.9 Å². The summed E-state index contributed by atoms with van der Waals surface area (Å²) >= 11 is 1.87. The van der Waals surface area contributed by atoms with E-state index in [4.69, 9.17) is 15.4 Å². The van der Waals surface area contributed by atoms with Gasteiger partial charge in [-0.25, -0.2) is 27.8 Å². The van der Waals surface area contributed by atoms with Crippen LogP contribution in [0, 0.1) is 6.92 Å². The number of benzene rings is 3. The number of nitrogens with two attached hydrogens (primary N) is 1. The van der Waals surface area contributed by atoms with Gasteiger partial charge in [-0.05, 0) is 117 Å². The predicted molar refractivity (Wildman–Crippen MR) is 260 cm³/mol. The number of hydrogen-bond acceptors (Lipinski definition) is 11. The third-order valence-corrected chi connectivity index (χ3v) is 14.7. The van der Waals surface area contributed by atoms with Crippen molar-refractivity contribution in [3.05, 3.63) is 106 Å². The van der Waals surface area contributed by atoms with Gasteiger partial charge in [-0.2, -0.15) is 30.0 Å². The summed E-state index contributed by atoms with van der Waals surface area (Å²) in [5.74, 6) is -0.269. The number of fused-ring (bicyclic) bond motifs is 1. The molecule has 4 amide bonds. The number of aryl methyl sites for hydroxylation is 1. The Balaban J connectivity index is 0.951. The van der Waals surface area contributed by atoms with E-state index in [-0.39, 0.29) is 70.4 Å². The first-order valence-electron chi connectivity index (χ1n) is 23.4. The first-order chi connectivity index (χ1) is 33.9. The van der Waals surface area contributed by atoms with Gasteiger partial charge in [0.2, 0.25) is 15.9 Å². The minimum absolute atomic E-state index is 0.0510. The lowest BCUT2D eigenvalue weighted by Crippen LogP contribution is -2.42. The van der Waals surface area contributed by atoms with Gasteiger partial charge in [0.15, 0.2) is 5.69 Å². The fourth-order valence-corrected chi connectivity index (χ4v) is 10.4. The van der Waals surface area contributed by atoms with Gasteiger partial charge in [-0.1, -0.05) is 48.6 Å². The van der Waals surface area contributed by atoms with Crippen molar-refractivity contribution in [2.75, 3.05) is 12.3 Å². The summed E-state index contributed by atoms with van der Waals surface area (Å²) in [5.41, 5.74) is 9.65. The van der Waals surface area contributed by atoms with Crippen molar-refractivity contribution in [3.8, 4) is 16.9 Å². The van der Waals surface area contributed by atoms with Crippen LogP contribution in [0.15, 0.2) is 82.8 Å². The number of ketones is 1. The van der Waals surface area contributed by atoms with Crippen molar-refractivity contribution in [3.63, 3.8) is 0 Å². The molecule has 1 aromatic heterocycles. The Morgan fingerprint density at radius 2 is 1.65 bits per heavy atom. The lowest BCUT2D eigenvalue weighted by molar-refractivity contribution is -0.147. The molecule has 0 spiro atoms. The number of nitrogens with zero attached hydrogens (tertiary/aromatic N) is 5. The molecule has 3 heterocycles. The van der Waals surface area contributed by atoms with Gasteiger partial charge < -0.3 is 26.0 Å². The lowest BCUT2D eigenvalue weighted by Gasteiger charge is -2.19. The van der Waals surface area contributed by atoms with E-state index in [1.54, 1.807) is 19.1 Å². The van der Waals surface area contributed by atoms with Crippen LogP contribution in [0.2, 0.25) is 0 Å². The summed E-state index contributed by atoms with van der Waals surface area (Å²) in [6.45, 7) is 1.78. The Labute approximate surface area is 413 Å². The number of nitrogens with one attached hydrogen (secondary N) is 4. The smallest absolute Gasteiger partial charge is 0.435 e. The molecule has 2 aliphatic heterocycles. The molecule has 2 fully saturated rings. The number of carbonyl (C=O) groups is 5. The Morgan fingerprint density at radius 1 is 0.944 bits per heavy atom. The predicted octanol–water partition coefficient (Wildman–Crippen LogP) is 8.22. The fourth-order valence-electron chi connectivity index (χ4n) is 8.37. The first kappa shape index (κ1) is 53.9. The number of halogens is 3. The van der Waals surface area contributed by atoms with E-state index in [0.29, 0.717) is 67.0 Å². The molecule has 23 heteroatoms. The van der Waals surface area contributed by atoms with Crippen molar-refractivity contribution >= 4 is 57.1 Å². The highest BCUT2D eigenvalue weighted by atomic mass is 32.2. The third-order valence-electron chi connectivity index (χ3n) is 12.3. The number of carbonyl (C=O) groups excluding carboxylic acids is 5. The van der Waals surface area contributed by atoms with E-state index >= 15 is 0 Å². The first-order valence-corrected chi connectivity index (χ1v) is 26.0. The number of hydrogen-bond donors (Lipinski definition) is 5. The normalized spacial score (nSPS) is 16.8. The van der Waals surface area contributed by atoms with E-state index in [9.17, 15) is 45.6 Å². The number of azide groups is 1. The maximum atomic E-state index is 13.9. The van der Waals surface area contributed by atoms with E-state index < -0.39 is 39.8 Å². The number of primary sulfonamides is 1. The zero-order chi connectivity index (χ0) is 51.1. The number of thioether (sulfide) groups is 1. The molecule has 0 unspecified atom stereocenters. The molecule has 2 aliphatic rings. The number of sulfonamides is 1. The summed E-state index contributed by atoms with van der Waals surface area (Å²) in [6, 6.07) is 15.4. The number of urea groups is 1. The second kappa shape index (κ2) is 25.1. The highest BCUT2D eigenvalue weighted by Crippen LogP contribution is 2.35. The van der Waals surface area contributed by atoms with Crippen LogP contribution in [-0.4, -0.2) is 83.5 Å². The van der Waals surface area contributed by atoms with Crippen LogP contribution >= 0.6 is 11.8 Å². The van der Waals surface area contributed by atoms with Crippen LogP contribution < -0.4 is 26.4 Å². The van der Waals surface area contributed by atoms with Crippen LogP contribution in [0.25, 0.3) is 27.4 Å². The second-order valence-electron chi connectivity index (χ2n) is 17.5. The van der Waals surface area contributed by atoms with Gasteiger partial charge in [0.25, 0.3) is 5.91 Å². The molecule has 0 bridgehead atoms. The Bertz CT molecular complexity index is 2700. The molecule has 3 aromatic carbocycles. The van der Waals surface area contributed by atoms with E-state index in [0.717, 1.165) is 67.2 Å². The number of amides is 4. The van der Waals surface area contributed by atoms with E-state index in [2.05, 4.69) is 36.4 Å². The maximum absolute atomic E-state index is 13.9. The Kier molecular flexibility index (Phi) is 19.1. The minimum atomic E-state index is -4.79. The van der Waals surface area contributed by atoms with Crippen LogP contribution in [0.1, 0.15) is 111 Å². The molecule has 71 heavy (non-hydrogen) atoms. The van der Waals surface area contributed by atoms with Gasteiger partial charge in [-0.3, -0.25) is 14.4 Å².